The number of aromatic nitrogens is 2. The van der Waals surface area contributed by atoms with Crippen molar-refractivity contribution in [1.29, 1.82) is 0 Å². The number of nitrogens with zero attached hydrogens (tertiary/aromatic N) is 3. The lowest BCUT2D eigenvalue weighted by Crippen LogP contribution is -2.38. The van der Waals surface area contributed by atoms with Gasteiger partial charge in [-0.05, 0) is 26.0 Å². The van der Waals surface area contributed by atoms with Crippen molar-refractivity contribution in [2.75, 3.05) is 32.1 Å². The van der Waals surface area contributed by atoms with Gasteiger partial charge in [0.05, 0.1) is 18.0 Å². The molecule has 1 aliphatic rings. The van der Waals surface area contributed by atoms with Gasteiger partial charge in [0, 0.05) is 44.1 Å². The first kappa shape index (κ1) is 15.0. The largest absolute Gasteiger partial charge is 0.388 e. The molecule has 0 amide bonds. The lowest BCUT2D eigenvalue weighted by atomic mass is 10.1. The predicted octanol–water partition coefficient (Wildman–Crippen LogP) is 2.30. The summed E-state index contributed by atoms with van der Waals surface area (Å²) in [7, 11) is 1.92. The second-order valence-corrected chi connectivity index (χ2v) is 5.70. The van der Waals surface area contributed by atoms with Gasteiger partial charge in [0.15, 0.2) is 0 Å². The molecule has 0 spiro atoms. The lowest BCUT2D eigenvalue weighted by Gasteiger charge is -2.32. The Labute approximate surface area is 130 Å². The van der Waals surface area contributed by atoms with E-state index in [0.717, 1.165) is 48.2 Å². The smallest absolute Gasteiger partial charge is 0.133 e. The number of anilines is 1. The lowest BCUT2D eigenvalue weighted by molar-refractivity contribution is -0.0355. The summed E-state index contributed by atoms with van der Waals surface area (Å²) in [6.45, 7) is 7.10. The van der Waals surface area contributed by atoms with Crippen LogP contribution in [0.3, 0.4) is 0 Å². The summed E-state index contributed by atoms with van der Waals surface area (Å²) in [5, 5.41) is 7.24. The summed E-state index contributed by atoms with van der Waals surface area (Å²) < 4.78 is 11.1. The van der Waals surface area contributed by atoms with Crippen molar-refractivity contribution in [2.24, 2.45) is 0 Å². The normalized spacial score (nSPS) is 19.3. The molecule has 6 nitrogen and oxygen atoms in total. The number of nitrogens with one attached hydrogen (secondary N) is 1. The van der Waals surface area contributed by atoms with Gasteiger partial charge in [0.25, 0.3) is 0 Å². The van der Waals surface area contributed by atoms with Gasteiger partial charge in [-0.3, -0.25) is 9.88 Å². The SMILES string of the molecule is CNc1cc(C)nc([C@H]2CN(Cc3cc(C)on3)CCO2)c1. The van der Waals surface area contributed by atoms with Crippen molar-refractivity contribution >= 4 is 5.69 Å². The molecule has 2 aromatic heterocycles. The third-order valence-corrected chi connectivity index (χ3v) is 3.80. The molecule has 3 rings (SSSR count). The van der Waals surface area contributed by atoms with E-state index in [1.165, 1.54) is 0 Å². The second-order valence-electron chi connectivity index (χ2n) is 5.70. The van der Waals surface area contributed by atoms with Crippen molar-refractivity contribution in [1.82, 2.24) is 15.0 Å². The van der Waals surface area contributed by atoms with Crippen LogP contribution in [0.15, 0.2) is 22.7 Å². The Morgan fingerprint density at radius 1 is 1.32 bits per heavy atom. The highest BCUT2D eigenvalue weighted by Crippen LogP contribution is 2.24. The van der Waals surface area contributed by atoms with Gasteiger partial charge in [-0.15, -0.1) is 0 Å². The highest BCUT2D eigenvalue weighted by molar-refractivity contribution is 5.45. The van der Waals surface area contributed by atoms with Crippen molar-refractivity contribution in [2.45, 2.75) is 26.5 Å². The molecule has 0 aromatic carbocycles. The Hall–Kier alpha value is -1.92. The zero-order valence-electron chi connectivity index (χ0n) is 13.3. The number of pyridine rings is 1. The number of rotatable bonds is 4. The standard InChI is InChI=1S/C16H22N4O2/c1-11-6-13(17-3)8-15(18-11)16-10-20(4-5-21-16)9-14-7-12(2)22-19-14/h6-8,16H,4-5,9-10H2,1-3H3,(H,17,18)/t16-/m1/s1. The van der Waals surface area contributed by atoms with E-state index in [0.29, 0.717) is 6.61 Å². The van der Waals surface area contributed by atoms with Crippen LogP contribution in [0.25, 0.3) is 0 Å². The number of aryl methyl sites for hydroxylation is 2. The molecule has 3 heterocycles. The average Bonchev–Trinajstić information content (AvgIpc) is 2.92. The van der Waals surface area contributed by atoms with E-state index in [4.69, 9.17) is 9.26 Å². The number of hydrogen-bond acceptors (Lipinski definition) is 6. The molecule has 1 N–H and O–H groups in total. The molecule has 0 radical (unpaired) electrons. The van der Waals surface area contributed by atoms with Crippen LogP contribution < -0.4 is 5.32 Å². The van der Waals surface area contributed by atoms with Crippen LogP contribution in [0, 0.1) is 13.8 Å². The fourth-order valence-electron chi connectivity index (χ4n) is 2.75. The molecule has 6 heteroatoms. The molecule has 22 heavy (non-hydrogen) atoms. The Balaban J connectivity index is 1.71. The summed E-state index contributed by atoms with van der Waals surface area (Å²) in [6, 6.07) is 6.07. The van der Waals surface area contributed by atoms with Crippen molar-refractivity contribution in [3.05, 3.63) is 41.0 Å². The molecule has 118 valence electrons. The van der Waals surface area contributed by atoms with Gasteiger partial charge in [-0.1, -0.05) is 5.16 Å². The van der Waals surface area contributed by atoms with Crippen LogP contribution in [0.5, 0.6) is 0 Å². The van der Waals surface area contributed by atoms with Crippen molar-refractivity contribution < 1.29 is 9.26 Å². The molecule has 2 aromatic rings. The van der Waals surface area contributed by atoms with E-state index in [-0.39, 0.29) is 6.10 Å². The summed E-state index contributed by atoms with van der Waals surface area (Å²) in [6.07, 6.45) is -0.00579. The number of ether oxygens (including phenoxy) is 1. The minimum absolute atomic E-state index is 0.00579. The highest BCUT2D eigenvalue weighted by Gasteiger charge is 2.24. The Bertz CT molecular complexity index is 641. The first-order valence-corrected chi connectivity index (χ1v) is 7.56. The van der Waals surface area contributed by atoms with Gasteiger partial charge in [0.2, 0.25) is 0 Å². The summed E-state index contributed by atoms with van der Waals surface area (Å²) in [4.78, 5) is 6.95. The predicted molar refractivity (Wildman–Crippen MR) is 83.7 cm³/mol. The fraction of sp³-hybridized carbons (Fsp3) is 0.500. The first-order chi connectivity index (χ1) is 10.6. The zero-order valence-corrected chi connectivity index (χ0v) is 13.3. The fourth-order valence-corrected chi connectivity index (χ4v) is 2.75. The molecule has 1 atom stereocenters. The molecular formula is C16H22N4O2. The Morgan fingerprint density at radius 2 is 2.18 bits per heavy atom. The molecular weight excluding hydrogens is 280 g/mol. The average molecular weight is 302 g/mol. The van der Waals surface area contributed by atoms with E-state index >= 15 is 0 Å². The summed E-state index contributed by atoms with van der Waals surface area (Å²) in [5.74, 6) is 0.846. The second kappa shape index (κ2) is 6.46. The van der Waals surface area contributed by atoms with Gasteiger partial charge < -0.3 is 14.6 Å². The van der Waals surface area contributed by atoms with Crippen LogP contribution in [0.1, 0.15) is 28.9 Å². The maximum absolute atomic E-state index is 5.92. The zero-order chi connectivity index (χ0) is 15.5. The third-order valence-electron chi connectivity index (χ3n) is 3.80. The van der Waals surface area contributed by atoms with E-state index in [1.807, 2.05) is 33.0 Å². The van der Waals surface area contributed by atoms with Gasteiger partial charge in [-0.25, -0.2) is 0 Å². The molecule has 0 bridgehead atoms. The van der Waals surface area contributed by atoms with E-state index in [9.17, 15) is 0 Å². The summed E-state index contributed by atoms with van der Waals surface area (Å²) in [5.41, 5.74) is 4.00. The first-order valence-electron chi connectivity index (χ1n) is 7.56. The Morgan fingerprint density at radius 3 is 2.91 bits per heavy atom. The topological polar surface area (TPSA) is 63.4 Å². The van der Waals surface area contributed by atoms with Crippen LogP contribution in [0.2, 0.25) is 0 Å². The third kappa shape index (κ3) is 3.45. The summed E-state index contributed by atoms with van der Waals surface area (Å²) >= 11 is 0. The van der Waals surface area contributed by atoms with E-state index < -0.39 is 0 Å². The number of hydrogen-bond donors (Lipinski definition) is 1. The highest BCUT2D eigenvalue weighted by atomic mass is 16.5. The molecule has 1 saturated heterocycles. The monoisotopic (exact) mass is 302 g/mol. The van der Waals surface area contributed by atoms with Gasteiger partial charge in [-0.2, -0.15) is 0 Å². The molecule has 0 aliphatic carbocycles. The maximum Gasteiger partial charge on any atom is 0.133 e. The van der Waals surface area contributed by atoms with E-state index in [1.54, 1.807) is 0 Å². The molecule has 0 saturated carbocycles. The van der Waals surface area contributed by atoms with Crippen LogP contribution in [0.4, 0.5) is 5.69 Å². The van der Waals surface area contributed by atoms with E-state index in [2.05, 4.69) is 26.4 Å². The van der Waals surface area contributed by atoms with Crippen LogP contribution in [-0.2, 0) is 11.3 Å². The van der Waals surface area contributed by atoms with Crippen LogP contribution in [-0.4, -0.2) is 41.8 Å². The maximum atomic E-state index is 5.92. The quantitative estimate of drug-likeness (QED) is 0.935. The van der Waals surface area contributed by atoms with Gasteiger partial charge >= 0.3 is 0 Å². The van der Waals surface area contributed by atoms with Crippen LogP contribution >= 0.6 is 0 Å². The molecule has 1 fully saturated rings. The van der Waals surface area contributed by atoms with Gasteiger partial charge in [0.1, 0.15) is 11.9 Å². The minimum Gasteiger partial charge on any atom is -0.388 e. The minimum atomic E-state index is -0.00579. The number of morpholine rings is 1. The molecule has 0 unspecified atom stereocenters. The molecule has 1 aliphatic heterocycles. The van der Waals surface area contributed by atoms with Crippen molar-refractivity contribution in [3.63, 3.8) is 0 Å². The van der Waals surface area contributed by atoms with Crippen molar-refractivity contribution in [3.8, 4) is 0 Å². The Kier molecular flexibility index (Phi) is 4.40.